The van der Waals surface area contributed by atoms with Gasteiger partial charge in [-0.25, -0.2) is 14.4 Å². The molecule has 1 aliphatic rings. The number of halogens is 1. The minimum Gasteiger partial charge on any atom is -0.381 e. The van der Waals surface area contributed by atoms with Gasteiger partial charge in [0, 0.05) is 60.7 Å². The molecule has 5 nitrogen and oxygen atoms in total. The lowest BCUT2D eigenvalue weighted by atomic mass is 10.0. The maximum atomic E-state index is 14.4. The zero-order valence-electron chi connectivity index (χ0n) is 15.1. The van der Waals surface area contributed by atoms with Crippen LogP contribution >= 0.6 is 11.3 Å². The van der Waals surface area contributed by atoms with Crippen molar-refractivity contribution < 1.29 is 9.13 Å². The molecular weight excluding hydrogens is 375 g/mol. The first-order chi connectivity index (χ1) is 13.8. The number of rotatable bonds is 4. The fourth-order valence-electron chi connectivity index (χ4n) is 3.54. The van der Waals surface area contributed by atoms with Gasteiger partial charge in [0.1, 0.15) is 11.5 Å². The molecule has 1 fully saturated rings. The lowest BCUT2D eigenvalue weighted by molar-refractivity contribution is 0.0904. The van der Waals surface area contributed by atoms with Crippen molar-refractivity contribution >= 4 is 22.1 Å². The van der Waals surface area contributed by atoms with Crippen molar-refractivity contribution in [3.63, 3.8) is 0 Å². The zero-order valence-corrected chi connectivity index (χ0v) is 16.0. The first kappa shape index (κ1) is 17.3. The van der Waals surface area contributed by atoms with E-state index in [2.05, 4.69) is 15.3 Å². The number of imidazole rings is 1. The van der Waals surface area contributed by atoms with Crippen LogP contribution in [0.5, 0.6) is 0 Å². The molecule has 0 bridgehead atoms. The normalized spacial score (nSPS) is 15.2. The molecular formula is C21H19FN4OS. The van der Waals surface area contributed by atoms with Crippen LogP contribution in [0.2, 0.25) is 0 Å². The molecule has 1 aromatic carbocycles. The fraction of sp³-hybridized carbons (Fsp3) is 0.238. The maximum Gasteiger partial charge on any atom is 0.183 e. The number of anilines is 1. The third kappa shape index (κ3) is 3.27. The van der Waals surface area contributed by atoms with Gasteiger partial charge in [-0.15, -0.1) is 0 Å². The smallest absolute Gasteiger partial charge is 0.183 e. The van der Waals surface area contributed by atoms with E-state index in [9.17, 15) is 4.39 Å². The van der Waals surface area contributed by atoms with E-state index in [1.807, 2.05) is 35.1 Å². The summed E-state index contributed by atoms with van der Waals surface area (Å²) >= 11 is 1.61. The van der Waals surface area contributed by atoms with Crippen LogP contribution in [-0.2, 0) is 4.74 Å². The van der Waals surface area contributed by atoms with Gasteiger partial charge >= 0.3 is 0 Å². The van der Waals surface area contributed by atoms with Crippen LogP contribution in [0.15, 0.2) is 55.1 Å². The summed E-state index contributed by atoms with van der Waals surface area (Å²) < 4.78 is 21.8. The number of benzene rings is 1. The van der Waals surface area contributed by atoms with Crippen molar-refractivity contribution in [2.75, 3.05) is 18.5 Å². The van der Waals surface area contributed by atoms with Crippen molar-refractivity contribution in [1.82, 2.24) is 14.4 Å². The Morgan fingerprint density at radius 1 is 1.14 bits per heavy atom. The van der Waals surface area contributed by atoms with Crippen LogP contribution in [0.4, 0.5) is 9.52 Å². The molecule has 0 spiro atoms. The van der Waals surface area contributed by atoms with Crippen molar-refractivity contribution in [3.8, 4) is 21.6 Å². The third-order valence-corrected chi connectivity index (χ3v) is 5.97. The second kappa shape index (κ2) is 7.33. The van der Waals surface area contributed by atoms with E-state index < -0.39 is 0 Å². The number of fused-ring (bicyclic) bond motifs is 1. The molecule has 0 amide bonds. The van der Waals surface area contributed by atoms with Gasteiger partial charge in [0.15, 0.2) is 5.13 Å². The Balaban J connectivity index is 1.52. The van der Waals surface area contributed by atoms with E-state index in [0.717, 1.165) is 52.8 Å². The number of thiazole rings is 1. The topological polar surface area (TPSA) is 51.5 Å². The lowest BCUT2D eigenvalue weighted by Gasteiger charge is -2.22. The van der Waals surface area contributed by atoms with Gasteiger partial charge in [-0.3, -0.25) is 0 Å². The predicted molar refractivity (Wildman–Crippen MR) is 109 cm³/mol. The molecule has 0 atom stereocenters. The van der Waals surface area contributed by atoms with Gasteiger partial charge in [-0.05, 0) is 25.0 Å². The maximum absolute atomic E-state index is 14.4. The standard InChI is InChI=1S/C21H19FN4OS/c22-18-4-2-1-3-16(18)17-11-14(13-26-8-7-23-20(17)26)19-12-24-21(28-19)25-15-5-9-27-10-6-15/h1-4,7-8,11-13,15H,5-6,9-10H2,(H,24,25). The molecule has 28 heavy (non-hydrogen) atoms. The van der Waals surface area contributed by atoms with Crippen LogP contribution in [0.25, 0.3) is 27.2 Å². The van der Waals surface area contributed by atoms with Crippen molar-refractivity contribution in [3.05, 3.63) is 60.9 Å². The second-order valence-corrected chi connectivity index (χ2v) is 7.87. The Kier molecular flexibility index (Phi) is 4.54. The zero-order chi connectivity index (χ0) is 18.9. The van der Waals surface area contributed by atoms with Gasteiger partial charge in [0.2, 0.25) is 0 Å². The van der Waals surface area contributed by atoms with E-state index >= 15 is 0 Å². The molecule has 1 N–H and O–H groups in total. The summed E-state index contributed by atoms with van der Waals surface area (Å²) in [4.78, 5) is 9.99. The third-order valence-electron chi connectivity index (χ3n) is 4.99. The van der Waals surface area contributed by atoms with E-state index in [1.54, 1.807) is 29.7 Å². The first-order valence-corrected chi connectivity index (χ1v) is 10.1. The van der Waals surface area contributed by atoms with Crippen LogP contribution < -0.4 is 5.32 Å². The summed E-state index contributed by atoms with van der Waals surface area (Å²) in [6, 6.07) is 9.19. The van der Waals surface area contributed by atoms with Gasteiger partial charge in [-0.2, -0.15) is 0 Å². The van der Waals surface area contributed by atoms with Crippen LogP contribution in [0, 0.1) is 5.82 Å². The van der Waals surface area contributed by atoms with Gasteiger partial charge < -0.3 is 14.5 Å². The quantitative estimate of drug-likeness (QED) is 0.537. The highest BCUT2D eigenvalue weighted by Gasteiger charge is 2.17. The van der Waals surface area contributed by atoms with Crippen LogP contribution in [0.3, 0.4) is 0 Å². The number of pyridine rings is 1. The molecule has 7 heteroatoms. The average Bonchev–Trinajstić information content (AvgIpc) is 3.38. The summed E-state index contributed by atoms with van der Waals surface area (Å²) in [7, 11) is 0. The highest BCUT2D eigenvalue weighted by Crippen LogP contribution is 2.35. The number of ether oxygens (including phenoxy) is 1. The summed E-state index contributed by atoms with van der Waals surface area (Å²) in [5, 5.41) is 4.41. The number of aromatic nitrogens is 3. The lowest BCUT2D eigenvalue weighted by Crippen LogP contribution is -2.27. The number of hydrogen-bond acceptors (Lipinski definition) is 5. The van der Waals surface area contributed by atoms with Crippen LogP contribution in [-0.4, -0.2) is 33.6 Å². The Morgan fingerprint density at radius 2 is 2.00 bits per heavy atom. The van der Waals surface area contributed by atoms with E-state index in [1.165, 1.54) is 6.07 Å². The molecule has 0 unspecified atom stereocenters. The summed E-state index contributed by atoms with van der Waals surface area (Å²) in [5.74, 6) is -0.254. The Labute approximate surface area is 165 Å². The van der Waals surface area contributed by atoms with Crippen molar-refractivity contribution in [2.45, 2.75) is 18.9 Å². The molecule has 4 aromatic rings. The van der Waals surface area contributed by atoms with E-state index in [0.29, 0.717) is 11.6 Å². The second-order valence-electron chi connectivity index (χ2n) is 6.84. The minimum absolute atomic E-state index is 0.254. The van der Waals surface area contributed by atoms with Gasteiger partial charge in [0.25, 0.3) is 0 Å². The molecule has 1 saturated heterocycles. The van der Waals surface area contributed by atoms with Gasteiger partial charge in [-0.1, -0.05) is 29.5 Å². The molecule has 0 aliphatic carbocycles. The monoisotopic (exact) mass is 394 g/mol. The Morgan fingerprint density at radius 3 is 2.86 bits per heavy atom. The molecule has 0 radical (unpaired) electrons. The SMILES string of the molecule is Fc1ccccc1-c1cc(-c2cnc(NC3CCOCC3)s2)cn2ccnc12. The summed E-state index contributed by atoms with van der Waals surface area (Å²) in [6.45, 7) is 1.58. The Hall–Kier alpha value is -2.77. The predicted octanol–water partition coefficient (Wildman–Crippen LogP) is 4.85. The van der Waals surface area contributed by atoms with Crippen molar-refractivity contribution in [2.24, 2.45) is 0 Å². The van der Waals surface area contributed by atoms with E-state index in [-0.39, 0.29) is 5.82 Å². The highest BCUT2D eigenvalue weighted by molar-refractivity contribution is 7.18. The largest absolute Gasteiger partial charge is 0.381 e. The van der Waals surface area contributed by atoms with Crippen LogP contribution in [0.1, 0.15) is 12.8 Å². The molecule has 5 rings (SSSR count). The molecule has 0 saturated carbocycles. The van der Waals surface area contributed by atoms with Gasteiger partial charge in [0.05, 0.1) is 4.88 Å². The molecule has 142 valence electrons. The number of nitrogens with zero attached hydrogens (tertiary/aromatic N) is 3. The Bertz CT molecular complexity index is 1120. The van der Waals surface area contributed by atoms with Crippen molar-refractivity contribution in [1.29, 1.82) is 0 Å². The number of hydrogen-bond donors (Lipinski definition) is 1. The number of nitrogens with one attached hydrogen (secondary N) is 1. The molecule has 3 aromatic heterocycles. The molecule has 1 aliphatic heterocycles. The minimum atomic E-state index is -0.254. The summed E-state index contributed by atoms with van der Waals surface area (Å²) in [6.07, 6.45) is 9.48. The first-order valence-electron chi connectivity index (χ1n) is 9.30. The summed E-state index contributed by atoms with van der Waals surface area (Å²) in [5.41, 5.74) is 3.04. The average molecular weight is 394 g/mol. The van der Waals surface area contributed by atoms with E-state index in [4.69, 9.17) is 4.74 Å². The highest BCUT2D eigenvalue weighted by atomic mass is 32.1. The molecule has 4 heterocycles. The fourth-order valence-corrected chi connectivity index (χ4v) is 4.41.